The van der Waals surface area contributed by atoms with Gasteiger partial charge in [-0.3, -0.25) is 9.59 Å². The molecule has 0 aromatic carbocycles. The summed E-state index contributed by atoms with van der Waals surface area (Å²) < 4.78 is 4.53. The molecular weight excluding hydrogens is 156 g/mol. The van der Waals surface area contributed by atoms with E-state index in [1.807, 2.05) is 0 Å². The van der Waals surface area contributed by atoms with Crippen LogP contribution in [0.15, 0.2) is 24.3 Å². The van der Waals surface area contributed by atoms with Crippen LogP contribution in [0.4, 0.5) is 0 Å². The van der Waals surface area contributed by atoms with Crippen molar-refractivity contribution in [1.29, 1.82) is 0 Å². The van der Waals surface area contributed by atoms with Crippen LogP contribution >= 0.6 is 0 Å². The molecule has 0 amide bonds. The molecule has 0 aromatic rings. The highest BCUT2D eigenvalue weighted by molar-refractivity contribution is 6.01. The molecule has 12 heavy (non-hydrogen) atoms. The molecule has 3 heteroatoms. The lowest BCUT2D eigenvalue weighted by atomic mass is 9.76. The van der Waals surface area contributed by atoms with Gasteiger partial charge in [0.1, 0.15) is 5.41 Å². The topological polar surface area (TPSA) is 43.4 Å². The van der Waals surface area contributed by atoms with E-state index in [9.17, 15) is 9.59 Å². The molecule has 2 atom stereocenters. The number of carbonyl (C=O) groups is 2. The zero-order valence-electron chi connectivity index (χ0n) is 6.61. The largest absolute Gasteiger partial charge is 0.392 e. The highest BCUT2D eigenvalue weighted by Crippen LogP contribution is 2.40. The van der Waals surface area contributed by atoms with Crippen LogP contribution in [0.25, 0.3) is 0 Å². The molecule has 0 aromatic heterocycles. The number of cyclic esters (lactones) is 2. The second-order valence-electron chi connectivity index (χ2n) is 3.21. The average Bonchev–Trinajstić information content (AvgIpc) is 2.25. The Labute approximate surface area is 69.7 Å². The van der Waals surface area contributed by atoms with E-state index >= 15 is 0 Å². The molecule has 1 heterocycles. The Morgan fingerprint density at radius 1 is 1.42 bits per heavy atom. The molecular formula is C9H8O3. The van der Waals surface area contributed by atoms with Crippen molar-refractivity contribution >= 4 is 11.9 Å². The van der Waals surface area contributed by atoms with Crippen molar-refractivity contribution in [2.45, 2.75) is 6.92 Å². The molecule has 3 nitrogen and oxygen atoms in total. The first-order valence-corrected chi connectivity index (χ1v) is 3.77. The predicted octanol–water partition coefficient (Wildman–Crippen LogP) is 0.818. The lowest BCUT2D eigenvalue weighted by Crippen LogP contribution is -2.28. The summed E-state index contributed by atoms with van der Waals surface area (Å²) >= 11 is 0. The minimum atomic E-state index is -0.758. The normalized spacial score (nSPS) is 38.2. The smallest absolute Gasteiger partial charge is 0.324 e. The fourth-order valence-electron chi connectivity index (χ4n) is 1.52. The van der Waals surface area contributed by atoms with Gasteiger partial charge in [-0.05, 0) is 6.92 Å². The number of esters is 2. The highest BCUT2D eigenvalue weighted by atomic mass is 16.6. The van der Waals surface area contributed by atoms with Crippen molar-refractivity contribution in [2.24, 2.45) is 11.3 Å². The van der Waals surface area contributed by atoms with Gasteiger partial charge in [-0.2, -0.15) is 0 Å². The van der Waals surface area contributed by atoms with E-state index < -0.39 is 23.3 Å². The summed E-state index contributed by atoms with van der Waals surface area (Å²) in [5.74, 6) is -1.31. The van der Waals surface area contributed by atoms with Gasteiger partial charge in [0, 0.05) is 0 Å². The predicted molar refractivity (Wildman–Crippen MR) is 41.0 cm³/mol. The van der Waals surface area contributed by atoms with E-state index in [2.05, 4.69) is 4.74 Å². The Kier molecular flexibility index (Phi) is 1.25. The van der Waals surface area contributed by atoms with E-state index in [1.54, 1.807) is 31.2 Å². The van der Waals surface area contributed by atoms with Gasteiger partial charge in [0.15, 0.2) is 0 Å². The Balaban J connectivity index is 2.49. The molecule has 1 aliphatic carbocycles. The van der Waals surface area contributed by atoms with Crippen molar-refractivity contribution in [3.8, 4) is 0 Å². The van der Waals surface area contributed by atoms with Gasteiger partial charge >= 0.3 is 11.9 Å². The van der Waals surface area contributed by atoms with Crippen molar-refractivity contribution in [2.75, 3.05) is 0 Å². The lowest BCUT2D eigenvalue weighted by Gasteiger charge is -2.20. The molecule has 2 aliphatic rings. The van der Waals surface area contributed by atoms with Crippen LogP contribution in [0, 0.1) is 11.3 Å². The number of hydrogen-bond acceptors (Lipinski definition) is 3. The second kappa shape index (κ2) is 2.06. The Bertz CT molecular complexity index is 314. The summed E-state index contributed by atoms with van der Waals surface area (Å²) in [4.78, 5) is 22.3. The van der Waals surface area contributed by atoms with Gasteiger partial charge in [0.2, 0.25) is 0 Å². The van der Waals surface area contributed by atoms with E-state index in [0.29, 0.717) is 0 Å². The van der Waals surface area contributed by atoms with E-state index in [0.717, 1.165) is 0 Å². The summed E-state index contributed by atoms with van der Waals surface area (Å²) in [6.45, 7) is 1.71. The van der Waals surface area contributed by atoms with Gasteiger partial charge in [-0.15, -0.1) is 0 Å². The molecule has 0 bridgehead atoms. The minimum absolute atomic E-state index is 0.421. The third-order valence-corrected chi connectivity index (χ3v) is 2.39. The first-order chi connectivity index (χ1) is 5.64. The van der Waals surface area contributed by atoms with Crippen LogP contribution in [-0.2, 0) is 14.3 Å². The van der Waals surface area contributed by atoms with Crippen molar-refractivity contribution in [3.05, 3.63) is 24.3 Å². The molecule has 62 valence electrons. The number of ether oxygens (including phenoxy) is 1. The Morgan fingerprint density at radius 2 is 2.17 bits per heavy atom. The van der Waals surface area contributed by atoms with Crippen molar-refractivity contribution in [1.82, 2.24) is 0 Å². The highest BCUT2D eigenvalue weighted by Gasteiger charge is 2.52. The molecule has 2 rings (SSSR count). The molecule has 0 unspecified atom stereocenters. The number of fused-ring (bicyclic) bond motifs is 1. The molecule has 1 aliphatic heterocycles. The maximum Gasteiger partial charge on any atom is 0.324 e. The summed E-state index contributed by atoms with van der Waals surface area (Å²) in [6.07, 6.45) is 6.93. The Hall–Kier alpha value is -1.38. The summed E-state index contributed by atoms with van der Waals surface area (Å²) in [6, 6.07) is 0. The lowest BCUT2D eigenvalue weighted by molar-refractivity contribution is -0.154. The first-order valence-electron chi connectivity index (χ1n) is 3.77. The molecule has 0 spiro atoms. The molecule has 1 fully saturated rings. The van der Waals surface area contributed by atoms with Gasteiger partial charge in [0.25, 0.3) is 0 Å². The fourth-order valence-corrected chi connectivity index (χ4v) is 1.52. The van der Waals surface area contributed by atoms with Crippen molar-refractivity contribution < 1.29 is 14.3 Å². The van der Waals surface area contributed by atoms with Crippen LogP contribution in [0.5, 0.6) is 0 Å². The van der Waals surface area contributed by atoms with Crippen LogP contribution < -0.4 is 0 Å². The van der Waals surface area contributed by atoms with Crippen LogP contribution in [0.1, 0.15) is 6.92 Å². The van der Waals surface area contributed by atoms with Crippen LogP contribution in [-0.4, -0.2) is 11.9 Å². The quantitative estimate of drug-likeness (QED) is 0.393. The molecule has 1 saturated heterocycles. The summed E-state index contributed by atoms with van der Waals surface area (Å²) in [5, 5.41) is 0. The van der Waals surface area contributed by atoms with Gasteiger partial charge in [0.05, 0.1) is 5.92 Å². The third kappa shape index (κ3) is 0.706. The first kappa shape index (κ1) is 7.28. The third-order valence-electron chi connectivity index (χ3n) is 2.39. The monoisotopic (exact) mass is 164 g/mol. The van der Waals surface area contributed by atoms with Crippen LogP contribution in [0.2, 0.25) is 0 Å². The molecule has 0 N–H and O–H groups in total. The number of rotatable bonds is 0. The number of carbonyl (C=O) groups excluding carboxylic acids is 2. The zero-order valence-corrected chi connectivity index (χ0v) is 6.61. The number of allylic oxidation sites excluding steroid dienone is 2. The SMILES string of the molecule is C[C@]12C=CC=C[C@@H]1C(=O)OC2=O. The van der Waals surface area contributed by atoms with Gasteiger partial charge < -0.3 is 4.74 Å². The van der Waals surface area contributed by atoms with Gasteiger partial charge in [-0.25, -0.2) is 0 Å². The number of hydrogen-bond donors (Lipinski definition) is 0. The second-order valence-corrected chi connectivity index (χ2v) is 3.21. The van der Waals surface area contributed by atoms with Crippen LogP contribution in [0.3, 0.4) is 0 Å². The fraction of sp³-hybridized carbons (Fsp3) is 0.333. The molecule has 0 saturated carbocycles. The summed E-state index contributed by atoms with van der Waals surface area (Å²) in [7, 11) is 0. The maximum atomic E-state index is 11.2. The maximum absolute atomic E-state index is 11.2. The van der Waals surface area contributed by atoms with Gasteiger partial charge in [-0.1, -0.05) is 24.3 Å². The standard InChI is InChI=1S/C9H8O3/c1-9-5-3-2-4-6(9)7(10)12-8(9)11/h2-6H,1H3/t6-,9+/m1/s1. The van der Waals surface area contributed by atoms with E-state index in [4.69, 9.17) is 0 Å². The Morgan fingerprint density at radius 3 is 2.83 bits per heavy atom. The van der Waals surface area contributed by atoms with E-state index in [1.165, 1.54) is 0 Å². The zero-order chi connectivity index (χ0) is 8.77. The summed E-state index contributed by atoms with van der Waals surface area (Å²) in [5.41, 5.74) is -0.758. The average molecular weight is 164 g/mol. The van der Waals surface area contributed by atoms with E-state index in [-0.39, 0.29) is 0 Å². The minimum Gasteiger partial charge on any atom is -0.392 e. The van der Waals surface area contributed by atoms with Crippen molar-refractivity contribution in [3.63, 3.8) is 0 Å². The molecule has 0 radical (unpaired) electrons.